The van der Waals surface area contributed by atoms with E-state index in [0.29, 0.717) is 6.61 Å². The zero-order valence-electron chi connectivity index (χ0n) is 16.1. The van der Waals surface area contributed by atoms with Crippen LogP contribution in [0.15, 0.2) is 35.3 Å². The van der Waals surface area contributed by atoms with Gasteiger partial charge in [0.05, 0.1) is 6.54 Å². The van der Waals surface area contributed by atoms with E-state index >= 15 is 0 Å². The third-order valence-corrected chi connectivity index (χ3v) is 4.81. The van der Waals surface area contributed by atoms with Crippen LogP contribution in [-0.4, -0.2) is 69.2 Å². The number of likely N-dealkylation sites (N-methyl/N-ethyl adjacent to an activating group) is 1. The second kappa shape index (κ2) is 11.0. The van der Waals surface area contributed by atoms with Crippen LogP contribution in [0.5, 0.6) is 5.75 Å². The van der Waals surface area contributed by atoms with E-state index in [1.807, 2.05) is 37.4 Å². The number of ether oxygens (including phenoxy) is 1. The summed E-state index contributed by atoms with van der Waals surface area (Å²) >= 11 is 0. The minimum atomic E-state index is 0.649. The highest BCUT2D eigenvalue weighted by Crippen LogP contribution is 2.16. The van der Waals surface area contributed by atoms with Gasteiger partial charge in [0, 0.05) is 20.6 Å². The summed E-state index contributed by atoms with van der Waals surface area (Å²) in [5.74, 6) is 2.61. The van der Waals surface area contributed by atoms with Crippen molar-refractivity contribution in [1.82, 2.24) is 15.1 Å². The van der Waals surface area contributed by atoms with Crippen LogP contribution in [0.4, 0.5) is 0 Å². The van der Waals surface area contributed by atoms with Gasteiger partial charge in [0.25, 0.3) is 0 Å². The van der Waals surface area contributed by atoms with E-state index < -0.39 is 0 Å². The fourth-order valence-corrected chi connectivity index (χ4v) is 3.27. The van der Waals surface area contributed by atoms with Crippen LogP contribution in [0.2, 0.25) is 0 Å². The fourth-order valence-electron chi connectivity index (χ4n) is 3.27. The Morgan fingerprint density at radius 3 is 2.64 bits per heavy atom. The summed E-state index contributed by atoms with van der Waals surface area (Å²) in [6.07, 6.45) is 3.82. The molecule has 0 spiro atoms. The van der Waals surface area contributed by atoms with Crippen molar-refractivity contribution in [2.24, 2.45) is 10.9 Å². The van der Waals surface area contributed by atoms with Gasteiger partial charge in [0.2, 0.25) is 0 Å². The Labute approximate surface area is 153 Å². The Kier molecular flexibility index (Phi) is 8.60. The summed E-state index contributed by atoms with van der Waals surface area (Å²) in [6, 6.07) is 9.95. The smallest absolute Gasteiger partial charge is 0.193 e. The van der Waals surface area contributed by atoms with Crippen LogP contribution >= 0.6 is 0 Å². The molecule has 0 unspecified atom stereocenters. The minimum absolute atomic E-state index is 0.649. The Hall–Kier alpha value is -1.75. The van der Waals surface area contributed by atoms with E-state index in [4.69, 9.17) is 4.74 Å². The first-order chi connectivity index (χ1) is 12.2. The molecule has 1 aliphatic heterocycles. The molecule has 0 aliphatic carbocycles. The number of rotatable bonds is 8. The molecule has 140 valence electrons. The van der Waals surface area contributed by atoms with Crippen LogP contribution in [-0.2, 0) is 0 Å². The molecule has 5 heteroatoms. The van der Waals surface area contributed by atoms with Gasteiger partial charge in [-0.05, 0) is 56.9 Å². The topological polar surface area (TPSA) is 40.1 Å². The summed E-state index contributed by atoms with van der Waals surface area (Å²) in [4.78, 5) is 9.12. The minimum Gasteiger partial charge on any atom is -0.492 e. The Bertz CT molecular complexity index is 498. The van der Waals surface area contributed by atoms with Gasteiger partial charge in [-0.3, -0.25) is 4.99 Å². The molecule has 0 saturated carbocycles. The molecular weight excluding hydrogens is 312 g/mol. The van der Waals surface area contributed by atoms with Crippen molar-refractivity contribution < 1.29 is 4.74 Å². The molecule has 1 aromatic rings. The first-order valence-electron chi connectivity index (χ1n) is 9.55. The van der Waals surface area contributed by atoms with Crippen LogP contribution in [0.1, 0.15) is 26.2 Å². The van der Waals surface area contributed by atoms with E-state index in [0.717, 1.165) is 30.7 Å². The van der Waals surface area contributed by atoms with Gasteiger partial charge < -0.3 is 19.9 Å². The number of guanidine groups is 1. The van der Waals surface area contributed by atoms with Crippen molar-refractivity contribution in [2.45, 2.75) is 26.2 Å². The lowest BCUT2D eigenvalue weighted by atomic mass is 9.97. The van der Waals surface area contributed by atoms with Gasteiger partial charge in [0.1, 0.15) is 12.4 Å². The molecule has 1 aliphatic rings. The first-order valence-corrected chi connectivity index (χ1v) is 9.55. The highest BCUT2D eigenvalue weighted by molar-refractivity contribution is 5.79. The van der Waals surface area contributed by atoms with Crippen LogP contribution < -0.4 is 10.1 Å². The van der Waals surface area contributed by atoms with E-state index in [1.165, 1.54) is 38.9 Å². The second-order valence-electron chi connectivity index (χ2n) is 6.80. The Balaban J connectivity index is 1.65. The lowest BCUT2D eigenvalue weighted by Gasteiger charge is -2.32. The highest BCUT2D eigenvalue weighted by atomic mass is 16.5. The zero-order valence-corrected chi connectivity index (χ0v) is 16.1. The number of hydrogen-bond acceptors (Lipinski definition) is 3. The summed E-state index contributed by atoms with van der Waals surface area (Å²) in [5.41, 5.74) is 0. The van der Waals surface area contributed by atoms with Crippen molar-refractivity contribution in [3.63, 3.8) is 0 Å². The average Bonchev–Trinajstić information content (AvgIpc) is 2.65. The molecule has 0 bridgehead atoms. The van der Waals surface area contributed by atoms with Crippen molar-refractivity contribution in [3.8, 4) is 5.75 Å². The number of piperidine rings is 1. The standard InChI is InChI=1S/C20H34N4O/c1-4-12-24-13-10-18(11-14-24)17-22-20(21-2)23(3)15-16-25-19-8-6-5-7-9-19/h5-9,18H,4,10-17H2,1-3H3,(H,21,22). The summed E-state index contributed by atoms with van der Waals surface area (Å²) < 4.78 is 5.77. The maximum absolute atomic E-state index is 5.77. The molecule has 1 aromatic carbocycles. The van der Waals surface area contributed by atoms with E-state index in [1.54, 1.807) is 0 Å². The molecule has 1 N–H and O–H groups in total. The number of aliphatic imine (C=N–C) groups is 1. The quantitative estimate of drug-likeness (QED) is 0.580. The normalized spacial score (nSPS) is 16.7. The van der Waals surface area contributed by atoms with Crippen molar-refractivity contribution >= 4 is 5.96 Å². The predicted octanol–water partition coefficient (Wildman–Crippen LogP) is 2.69. The zero-order chi connectivity index (χ0) is 17.9. The Morgan fingerprint density at radius 1 is 1.28 bits per heavy atom. The van der Waals surface area contributed by atoms with Gasteiger partial charge in [-0.25, -0.2) is 0 Å². The maximum Gasteiger partial charge on any atom is 0.193 e. The number of nitrogens with zero attached hydrogens (tertiary/aromatic N) is 3. The molecule has 1 saturated heterocycles. The van der Waals surface area contributed by atoms with Crippen molar-refractivity contribution in [2.75, 3.05) is 53.4 Å². The molecular formula is C20H34N4O. The van der Waals surface area contributed by atoms with E-state index in [2.05, 4.69) is 34.1 Å². The average molecular weight is 347 g/mol. The van der Waals surface area contributed by atoms with Crippen LogP contribution in [0, 0.1) is 5.92 Å². The fraction of sp³-hybridized carbons (Fsp3) is 0.650. The van der Waals surface area contributed by atoms with Gasteiger partial charge in [-0.1, -0.05) is 25.1 Å². The molecule has 1 heterocycles. The summed E-state index contributed by atoms with van der Waals surface area (Å²) in [7, 11) is 3.91. The Morgan fingerprint density at radius 2 is 2.00 bits per heavy atom. The maximum atomic E-state index is 5.77. The van der Waals surface area contributed by atoms with Gasteiger partial charge in [-0.15, -0.1) is 0 Å². The summed E-state index contributed by atoms with van der Waals surface area (Å²) in [6.45, 7) is 8.44. The second-order valence-corrected chi connectivity index (χ2v) is 6.80. The molecule has 0 radical (unpaired) electrons. The predicted molar refractivity (Wildman–Crippen MR) is 105 cm³/mol. The monoisotopic (exact) mass is 346 g/mol. The van der Waals surface area contributed by atoms with Crippen molar-refractivity contribution in [3.05, 3.63) is 30.3 Å². The first kappa shape index (κ1) is 19.6. The number of nitrogens with one attached hydrogen (secondary N) is 1. The van der Waals surface area contributed by atoms with Gasteiger partial charge >= 0.3 is 0 Å². The lowest BCUT2D eigenvalue weighted by Crippen LogP contribution is -2.44. The number of likely N-dealkylation sites (tertiary alicyclic amines) is 1. The molecule has 25 heavy (non-hydrogen) atoms. The number of para-hydroxylation sites is 1. The molecule has 2 rings (SSSR count). The van der Waals surface area contributed by atoms with Gasteiger partial charge in [-0.2, -0.15) is 0 Å². The number of hydrogen-bond donors (Lipinski definition) is 1. The molecule has 0 atom stereocenters. The van der Waals surface area contributed by atoms with E-state index in [9.17, 15) is 0 Å². The lowest BCUT2D eigenvalue weighted by molar-refractivity contribution is 0.184. The number of benzene rings is 1. The van der Waals surface area contributed by atoms with Crippen LogP contribution in [0.25, 0.3) is 0 Å². The summed E-state index contributed by atoms with van der Waals surface area (Å²) in [5, 5.41) is 3.54. The molecule has 0 aromatic heterocycles. The third-order valence-electron chi connectivity index (χ3n) is 4.81. The van der Waals surface area contributed by atoms with Crippen LogP contribution in [0.3, 0.4) is 0 Å². The van der Waals surface area contributed by atoms with Crippen molar-refractivity contribution in [1.29, 1.82) is 0 Å². The largest absolute Gasteiger partial charge is 0.492 e. The molecule has 1 fully saturated rings. The van der Waals surface area contributed by atoms with Gasteiger partial charge in [0.15, 0.2) is 5.96 Å². The highest BCUT2D eigenvalue weighted by Gasteiger charge is 2.19. The SMILES string of the molecule is CCCN1CCC(CNC(=NC)N(C)CCOc2ccccc2)CC1. The molecule has 0 amide bonds. The molecule has 5 nitrogen and oxygen atoms in total. The third kappa shape index (κ3) is 6.94. The van der Waals surface area contributed by atoms with E-state index in [-0.39, 0.29) is 0 Å².